The molecule has 0 fully saturated rings. The molecule has 0 saturated heterocycles. The van der Waals surface area contributed by atoms with Crippen molar-refractivity contribution in [1.82, 2.24) is 9.55 Å². The highest BCUT2D eigenvalue weighted by atomic mass is 19.1. The second kappa shape index (κ2) is 6.66. The van der Waals surface area contributed by atoms with Crippen molar-refractivity contribution in [2.75, 3.05) is 5.32 Å². The number of hydrogen-bond donors (Lipinski definition) is 1. The van der Waals surface area contributed by atoms with Crippen LogP contribution in [0.3, 0.4) is 0 Å². The molecular formula is C19H18FN3O. The van der Waals surface area contributed by atoms with Crippen molar-refractivity contribution in [3.8, 4) is 11.3 Å². The Morgan fingerprint density at radius 2 is 1.79 bits per heavy atom. The molecule has 0 unspecified atom stereocenters. The summed E-state index contributed by atoms with van der Waals surface area (Å²) >= 11 is 0. The minimum absolute atomic E-state index is 0.314. The number of halogens is 1. The van der Waals surface area contributed by atoms with Gasteiger partial charge in [-0.1, -0.05) is 29.8 Å². The van der Waals surface area contributed by atoms with Gasteiger partial charge in [-0.25, -0.2) is 9.37 Å². The molecule has 1 heterocycles. The number of amides is 1. The number of anilines is 1. The van der Waals surface area contributed by atoms with Crippen LogP contribution in [0.15, 0.2) is 54.7 Å². The van der Waals surface area contributed by atoms with Crippen molar-refractivity contribution in [2.45, 2.75) is 20.4 Å². The fourth-order valence-electron chi connectivity index (χ4n) is 2.40. The Morgan fingerprint density at radius 3 is 2.42 bits per heavy atom. The number of carbonyl (C=O) groups excluding carboxylic acids is 1. The summed E-state index contributed by atoms with van der Waals surface area (Å²) in [5.74, 6) is -0.212. The summed E-state index contributed by atoms with van der Waals surface area (Å²) in [6.45, 7) is 4.69. The predicted octanol–water partition coefficient (Wildman–Crippen LogP) is 4.27. The largest absolute Gasteiger partial charge is 0.317 e. The first-order chi connectivity index (χ1) is 11.6. The highest BCUT2D eigenvalue weighted by Gasteiger charge is 2.13. The fraction of sp³-hybridized carbons (Fsp3) is 0.158. The van der Waals surface area contributed by atoms with Gasteiger partial charge in [0, 0.05) is 23.9 Å². The molecule has 2 aromatic carbocycles. The molecule has 0 aliphatic carbocycles. The Morgan fingerprint density at radius 1 is 1.12 bits per heavy atom. The zero-order valence-electron chi connectivity index (χ0n) is 13.6. The molecule has 0 saturated carbocycles. The predicted molar refractivity (Wildman–Crippen MR) is 92.4 cm³/mol. The first-order valence-electron chi connectivity index (χ1n) is 7.78. The van der Waals surface area contributed by atoms with E-state index in [1.165, 1.54) is 29.8 Å². The van der Waals surface area contributed by atoms with Crippen molar-refractivity contribution >= 4 is 11.9 Å². The molecule has 1 amide bonds. The molecule has 0 aliphatic rings. The van der Waals surface area contributed by atoms with Crippen LogP contribution in [0, 0.1) is 12.7 Å². The number of hydrogen-bond acceptors (Lipinski definition) is 2. The third-order valence-electron chi connectivity index (χ3n) is 3.80. The van der Waals surface area contributed by atoms with Crippen LogP contribution in [0.5, 0.6) is 0 Å². The lowest BCUT2D eigenvalue weighted by Crippen LogP contribution is -2.15. The maximum atomic E-state index is 13.0. The summed E-state index contributed by atoms with van der Waals surface area (Å²) in [6, 6.07) is 13.5. The van der Waals surface area contributed by atoms with Gasteiger partial charge in [0.15, 0.2) is 0 Å². The Labute approximate surface area is 140 Å². The van der Waals surface area contributed by atoms with E-state index in [9.17, 15) is 9.18 Å². The van der Waals surface area contributed by atoms with Gasteiger partial charge >= 0.3 is 0 Å². The third kappa shape index (κ3) is 3.35. The number of imidazole rings is 1. The number of aromatic nitrogens is 2. The maximum Gasteiger partial charge on any atom is 0.257 e. The summed E-state index contributed by atoms with van der Waals surface area (Å²) in [7, 11) is 0. The quantitative estimate of drug-likeness (QED) is 0.779. The monoisotopic (exact) mass is 323 g/mol. The van der Waals surface area contributed by atoms with Crippen LogP contribution in [0.25, 0.3) is 11.3 Å². The van der Waals surface area contributed by atoms with E-state index in [2.05, 4.69) is 10.3 Å². The van der Waals surface area contributed by atoms with E-state index >= 15 is 0 Å². The van der Waals surface area contributed by atoms with Crippen LogP contribution in [0.4, 0.5) is 10.3 Å². The van der Waals surface area contributed by atoms with E-state index < -0.39 is 0 Å². The van der Waals surface area contributed by atoms with Gasteiger partial charge in [0.1, 0.15) is 5.82 Å². The highest BCUT2D eigenvalue weighted by molar-refractivity contribution is 6.03. The molecule has 0 aliphatic heterocycles. The zero-order valence-corrected chi connectivity index (χ0v) is 13.6. The molecule has 3 aromatic rings. The van der Waals surface area contributed by atoms with E-state index in [1.807, 2.05) is 48.9 Å². The molecule has 1 aromatic heterocycles. The topological polar surface area (TPSA) is 46.9 Å². The number of carbonyl (C=O) groups is 1. The molecule has 3 rings (SSSR count). The van der Waals surface area contributed by atoms with Gasteiger partial charge in [0.25, 0.3) is 5.91 Å². The number of nitrogens with one attached hydrogen (secondary N) is 1. The summed E-state index contributed by atoms with van der Waals surface area (Å²) < 4.78 is 14.8. The first-order valence-corrected chi connectivity index (χ1v) is 7.78. The van der Waals surface area contributed by atoms with Crippen molar-refractivity contribution in [3.63, 3.8) is 0 Å². The Hall–Kier alpha value is -2.95. The van der Waals surface area contributed by atoms with Gasteiger partial charge in [-0.05, 0) is 38.1 Å². The fourth-order valence-corrected chi connectivity index (χ4v) is 2.40. The smallest absolute Gasteiger partial charge is 0.257 e. The SMILES string of the molecule is CCn1cc(-c2ccc(C)cc2)nc1NC(=O)c1ccc(F)cc1. The van der Waals surface area contributed by atoms with Gasteiger partial charge in [-0.2, -0.15) is 0 Å². The van der Waals surface area contributed by atoms with Crippen LogP contribution < -0.4 is 5.32 Å². The summed E-state index contributed by atoms with van der Waals surface area (Å²) in [5.41, 5.74) is 3.36. The number of nitrogens with zero attached hydrogens (tertiary/aromatic N) is 2. The van der Waals surface area contributed by atoms with Crippen LogP contribution in [-0.4, -0.2) is 15.5 Å². The Bertz CT molecular complexity index is 851. The number of rotatable bonds is 4. The molecule has 0 spiro atoms. The van der Waals surface area contributed by atoms with E-state index in [0.29, 0.717) is 18.1 Å². The van der Waals surface area contributed by atoms with Gasteiger partial charge in [0.2, 0.25) is 5.95 Å². The lowest BCUT2D eigenvalue weighted by atomic mass is 10.1. The molecule has 4 nitrogen and oxygen atoms in total. The molecule has 1 N–H and O–H groups in total. The average Bonchev–Trinajstić information content (AvgIpc) is 2.99. The van der Waals surface area contributed by atoms with Crippen LogP contribution in [0.2, 0.25) is 0 Å². The second-order valence-corrected chi connectivity index (χ2v) is 5.56. The number of benzene rings is 2. The molecule has 24 heavy (non-hydrogen) atoms. The molecule has 122 valence electrons. The average molecular weight is 323 g/mol. The Kier molecular flexibility index (Phi) is 4.42. The first kappa shape index (κ1) is 15.9. The lowest BCUT2D eigenvalue weighted by molar-refractivity contribution is 0.102. The van der Waals surface area contributed by atoms with E-state index in [4.69, 9.17) is 0 Å². The van der Waals surface area contributed by atoms with Crippen LogP contribution >= 0.6 is 0 Å². The third-order valence-corrected chi connectivity index (χ3v) is 3.80. The molecule has 0 bridgehead atoms. The highest BCUT2D eigenvalue weighted by Crippen LogP contribution is 2.22. The standard InChI is InChI=1S/C19H18FN3O/c1-3-23-12-17(14-6-4-13(2)5-7-14)21-19(23)22-18(24)15-8-10-16(20)11-9-15/h4-12H,3H2,1-2H3,(H,21,22,24). The zero-order chi connectivity index (χ0) is 17.1. The van der Waals surface area contributed by atoms with Gasteiger partial charge in [-0.15, -0.1) is 0 Å². The molecule has 0 atom stereocenters. The van der Waals surface area contributed by atoms with Crippen LogP contribution in [-0.2, 0) is 6.54 Å². The van der Waals surface area contributed by atoms with Crippen molar-refractivity contribution in [3.05, 3.63) is 71.7 Å². The van der Waals surface area contributed by atoms with Crippen molar-refractivity contribution in [2.24, 2.45) is 0 Å². The van der Waals surface area contributed by atoms with Crippen molar-refractivity contribution in [1.29, 1.82) is 0 Å². The summed E-state index contributed by atoms with van der Waals surface area (Å²) in [4.78, 5) is 16.8. The van der Waals surface area contributed by atoms with Gasteiger partial charge < -0.3 is 4.57 Å². The molecule has 5 heteroatoms. The molecular weight excluding hydrogens is 305 g/mol. The van der Waals surface area contributed by atoms with E-state index in [1.54, 1.807) is 0 Å². The molecule has 0 radical (unpaired) electrons. The normalized spacial score (nSPS) is 10.6. The van der Waals surface area contributed by atoms with E-state index in [-0.39, 0.29) is 11.7 Å². The summed E-state index contributed by atoms with van der Waals surface area (Å²) in [5, 5.41) is 2.79. The lowest BCUT2D eigenvalue weighted by Gasteiger charge is -2.06. The van der Waals surface area contributed by atoms with Crippen LogP contribution in [0.1, 0.15) is 22.8 Å². The van der Waals surface area contributed by atoms with Crippen molar-refractivity contribution < 1.29 is 9.18 Å². The minimum Gasteiger partial charge on any atom is -0.317 e. The number of aryl methyl sites for hydroxylation is 2. The Balaban J connectivity index is 1.86. The minimum atomic E-state index is -0.372. The van der Waals surface area contributed by atoms with E-state index in [0.717, 1.165) is 11.3 Å². The van der Waals surface area contributed by atoms with Gasteiger partial charge in [0.05, 0.1) is 5.69 Å². The second-order valence-electron chi connectivity index (χ2n) is 5.56. The summed E-state index contributed by atoms with van der Waals surface area (Å²) in [6.07, 6.45) is 1.91. The maximum absolute atomic E-state index is 13.0. The van der Waals surface area contributed by atoms with Gasteiger partial charge in [-0.3, -0.25) is 10.1 Å².